The first-order valence-electron chi connectivity index (χ1n) is 6.94. The number of ether oxygens (including phenoxy) is 1. The number of hydrogen-bond donors (Lipinski definition) is 2. The Bertz CT molecular complexity index is 611. The second-order valence-electron chi connectivity index (χ2n) is 4.86. The molecule has 0 aliphatic rings. The van der Waals surface area contributed by atoms with Crippen LogP contribution in [0.2, 0.25) is 0 Å². The average molecular weight is 284 g/mol. The fourth-order valence-corrected chi connectivity index (χ4v) is 2.08. The van der Waals surface area contributed by atoms with Gasteiger partial charge in [-0.3, -0.25) is 4.79 Å². The number of nitrogens with one attached hydrogen (secondary N) is 1. The summed E-state index contributed by atoms with van der Waals surface area (Å²) in [6.45, 7) is 3.89. The van der Waals surface area contributed by atoms with Crippen LogP contribution in [0.1, 0.15) is 21.5 Å². The highest BCUT2D eigenvalue weighted by Gasteiger charge is 2.06. The van der Waals surface area contributed by atoms with Gasteiger partial charge in [-0.05, 0) is 36.2 Å². The normalized spacial score (nSPS) is 10.3. The lowest BCUT2D eigenvalue weighted by atomic mass is 10.1. The summed E-state index contributed by atoms with van der Waals surface area (Å²) >= 11 is 0. The zero-order chi connectivity index (χ0) is 15.1. The van der Waals surface area contributed by atoms with Crippen LogP contribution in [0.15, 0.2) is 48.5 Å². The van der Waals surface area contributed by atoms with Gasteiger partial charge in [0, 0.05) is 18.7 Å². The molecule has 4 nitrogen and oxygen atoms in total. The lowest BCUT2D eigenvalue weighted by Crippen LogP contribution is -2.23. The predicted octanol–water partition coefficient (Wildman–Crippen LogP) is 2.26. The Kier molecular flexibility index (Phi) is 5.35. The Hall–Kier alpha value is -2.33. The van der Waals surface area contributed by atoms with Gasteiger partial charge >= 0.3 is 0 Å². The van der Waals surface area contributed by atoms with Gasteiger partial charge in [-0.15, -0.1) is 0 Å². The fraction of sp³-hybridized carbons (Fsp3) is 0.235. The summed E-state index contributed by atoms with van der Waals surface area (Å²) in [4.78, 5) is 11.3. The highest BCUT2D eigenvalue weighted by Crippen LogP contribution is 2.12. The van der Waals surface area contributed by atoms with Gasteiger partial charge in [0.25, 0.3) is 0 Å². The summed E-state index contributed by atoms with van der Waals surface area (Å²) in [6, 6.07) is 15.3. The number of carbonyl (C=O) groups is 1. The molecule has 0 fully saturated rings. The van der Waals surface area contributed by atoms with E-state index >= 15 is 0 Å². The SMILES string of the molecule is Cc1cccc(OCCNCc2ccccc2C(N)=O)c1. The van der Waals surface area contributed by atoms with Gasteiger partial charge in [-0.1, -0.05) is 30.3 Å². The maximum absolute atomic E-state index is 11.3. The lowest BCUT2D eigenvalue weighted by Gasteiger charge is -2.10. The van der Waals surface area contributed by atoms with Crippen LogP contribution < -0.4 is 15.8 Å². The van der Waals surface area contributed by atoms with Crippen molar-refractivity contribution in [3.05, 3.63) is 65.2 Å². The summed E-state index contributed by atoms with van der Waals surface area (Å²) < 4.78 is 5.65. The number of aryl methyl sites for hydroxylation is 1. The molecular formula is C17H20N2O2. The molecule has 3 N–H and O–H groups in total. The van der Waals surface area contributed by atoms with E-state index in [1.807, 2.05) is 49.4 Å². The summed E-state index contributed by atoms with van der Waals surface area (Å²) in [5, 5.41) is 3.25. The molecular weight excluding hydrogens is 264 g/mol. The maximum atomic E-state index is 11.3. The van der Waals surface area contributed by atoms with Crippen LogP contribution >= 0.6 is 0 Å². The standard InChI is InChI=1S/C17H20N2O2/c1-13-5-4-7-15(11-13)21-10-9-19-12-14-6-2-3-8-16(14)17(18)20/h2-8,11,19H,9-10,12H2,1H3,(H2,18,20). The minimum absolute atomic E-state index is 0.400. The zero-order valence-electron chi connectivity index (χ0n) is 12.1. The van der Waals surface area contributed by atoms with Crippen molar-refractivity contribution in [2.45, 2.75) is 13.5 Å². The Balaban J connectivity index is 1.76. The van der Waals surface area contributed by atoms with Gasteiger partial charge in [-0.2, -0.15) is 0 Å². The Morgan fingerprint density at radius 2 is 2.00 bits per heavy atom. The van der Waals surface area contributed by atoms with Crippen molar-refractivity contribution >= 4 is 5.91 Å². The second kappa shape index (κ2) is 7.45. The number of benzene rings is 2. The highest BCUT2D eigenvalue weighted by atomic mass is 16.5. The highest BCUT2D eigenvalue weighted by molar-refractivity contribution is 5.94. The van der Waals surface area contributed by atoms with Gasteiger partial charge < -0.3 is 15.8 Å². The van der Waals surface area contributed by atoms with E-state index in [2.05, 4.69) is 5.32 Å². The summed E-state index contributed by atoms with van der Waals surface area (Å²) in [5.41, 5.74) is 7.98. The average Bonchev–Trinajstić information content (AvgIpc) is 2.47. The van der Waals surface area contributed by atoms with Crippen LogP contribution in [0.25, 0.3) is 0 Å². The molecule has 4 heteroatoms. The number of rotatable bonds is 7. The van der Waals surface area contributed by atoms with Crippen molar-refractivity contribution in [3.63, 3.8) is 0 Å². The molecule has 0 radical (unpaired) electrons. The number of amides is 1. The molecule has 0 aliphatic heterocycles. The lowest BCUT2D eigenvalue weighted by molar-refractivity contribution is 0.0999. The Labute approximate surface area is 124 Å². The van der Waals surface area contributed by atoms with E-state index in [0.29, 0.717) is 25.3 Å². The van der Waals surface area contributed by atoms with Gasteiger partial charge in [0.1, 0.15) is 12.4 Å². The Morgan fingerprint density at radius 3 is 2.76 bits per heavy atom. The van der Waals surface area contributed by atoms with Crippen LogP contribution in [0.4, 0.5) is 0 Å². The summed E-state index contributed by atoms with van der Waals surface area (Å²) in [6.07, 6.45) is 0. The third-order valence-corrected chi connectivity index (χ3v) is 3.14. The van der Waals surface area contributed by atoms with E-state index in [9.17, 15) is 4.79 Å². The van der Waals surface area contributed by atoms with E-state index < -0.39 is 5.91 Å². The minimum Gasteiger partial charge on any atom is -0.492 e. The minimum atomic E-state index is -0.400. The van der Waals surface area contributed by atoms with E-state index in [1.54, 1.807) is 6.07 Å². The number of nitrogens with two attached hydrogens (primary N) is 1. The molecule has 2 rings (SSSR count). The van der Waals surface area contributed by atoms with Crippen molar-refractivity contribution in [1.29, 1.82) is 0 Å². The monoisotopic (exact) mass is 284 g/mol. The van der Waals surface area contributed by atoms with Crippen molar-refractivity contribution in [1.82, 2.24) is 5.32 Å². The topological polar surface area (TPSA) is 64.3 Å². The molecule has 0 unspecified atom stereocenters. The third-order valence-electron chi connectivity index (χ3n) is 3.14. The van der Waals surface area contributed by atoms with Gasteiger partial charge in [0.05, 0.1) is 0 Å². The van der Waals surface area contributed by atoms with Gasteiger partial charge in [0.15, 0.2) is 0 Å². The molecule has 0 bridgehead atoms. The summed E-state index contributed by atoms with van der Waals surface area (Å²) in [5.74, 6) is 0.470. The van der Waals surface area contributed by atoms with Crippen molar-refractivity contribution < 1.29 is 9.53 Å². The molecule has 21 heavy (non-hydrogen) atoms. The molecule has 1 amide bonds. The maximum Gasteiger partial charge on any atom is 0.249 e. The van der Waals surface area contributed by atoms with Crippen molar-refractivity contribution in [3.8, 4) is 5.75 Å². The molecule has 0 atom stereocenters. The fourth-order valence-electron chi connectivity index (χ4n) is 2.08. The molecule has 2 aromatic carbocycles. The van der Waals surface area contributed by atoms with Gasteiger partial charge in [0.2, 0.25) is 5.91 Å². The largest absolute Gasteiger partial charge is 0.492 e. The third kappa shape index (κ3) is 4.61. The van der Waals surface area contributed by atoms with E-state index in [4.69, 9.17) is 10.5 Å². The summed E-state index contributed by atoms with van der Waals surface area (Å²) in [7, 11) is 0. The smallest absolute Gasteiger partial charge is 0.249 e. The van der Waals surface area contributed by atoms with Crippen molar-refractivity contribution in [2.75, 3.05) is 13.2 Å². The van der Waals surface area contributed by atoms with Crippen molar-refractivity contribution in [2.24, 2.45) is 5.73 Å². The van der Waals surface area contributed by atoms with Crippen LogP contribution in [-0.2, 0) is 6.54 Å². The Morgan fingerprint density at radius 1 is 1.19 bits per heavy atom. The van der Waals surface area contributed by atoms with Crippen LogP contribution in [-0.4, -0.2) is 19.1 Å². The first-order valence-corrected chi connectivity index (χ1v) is 6.94. The molecule has 2 aromatic rings. The number of carbonyl (C=O) groups excluding carboxylic acids is 1. The molecule has 0 heterocycles. The number of hydrogen-bond acceptors (Lipinski definition) is 3. The predicted molar refractivity (Wildman–Crippen MR) is 83.3 cm³/mol. The zero-order valence-corrected chi connectivity index (χ0v) is 12.1. The molecule has 0 aliphatic carbocycles. The van der Waals surface area contributed by atoms with E-state index in [0.717, 1.165) is 11.3 Å². The van der Waals surface area contributed by atoms with Crippen LogP contribution in [0.3, 0.4) is 0 Å². The van der Waals surface area contributed by atoms with Gasteiger partial charge in [-0.25, -0.2) is 0 Å². The van der Waals surface area contributed by atoms with Crippen LogP contribution in [0, 0.1) is 6.92 Å². The molecule has 0 spiro atoms. The van der Waals surface area contributed by atoms with E-state index in [1.165, 1.54) is 5.56 Å². The second-order valence-corrected chi connectivity index (χ2v) is 4.86. The quantitative estimate of drug-likeness (QED) is 0.767. The molecule has 0 aromatic heterocycles. The van der Waals surface area contributed by atoms with E-state index in [-0.39, 0.29) is 0 Å². The first-order chi connectivity index (χ1) is 10.2. The van der Waals surface area contributed by atoms with Crippen LogP contribution in [0.5, 0.6) is 5.75 Å². The molecule has 0 saturated carbocycles. The number of primary amides is 1. The first kappa shape index (κ1) is 15.1. The molecule has 110 valence electrons. The molecule has 0 saturated heterocycles.